The van der Waals surface area contributed by atoms with Crippen molar-refractivity contribution in [3.63, 3.8) is 0 Å². The van der Waals surface area contributed by atoms with E-state index in [2.05, 4.69) is 17.1 Å². The zero-order chi connectivity index (χ0) is 15.6. The second kappa shape index (κ2) is 12.3. The van der Waals surface area contributed by atoms with Crippen molar-refractivity contribution in [2.75, 3.05) is 59.7 Å². The molecule has 2 rings (SSSR count). The van der Waals surface area contributed by atoms with Gasteiger partial charge in [-0.2, -0.15) is 0 Å². The van der Waals surface area contributed by atoms with Gasteiger partial charge in [0.2, 0.25) is 0 Å². The van der Waals surface area contributed by atoms with Crippen molar-refractivity contribution in [3.05, 3.63) is 0 Å². The number of likely N-dealkylation sites (tertiary alicyclic amines) is 1. The first-order chi connectivity index (χ1) is 10.8. The van der Waals surface area contributed by atoms with Gasteiger partial charge in [-0.3, -0.25) is 4.99 Å². The highest BCUT2D eigenvalue weighted by Gasteiger charge is 2.25. The predicted octanol–water partition coefficient (Wildman–Crippen LogP) is 1.73. The van der Waals surface area contributed by atoms with Crippen molar-refractivity contribution >= 4 is 29.9 Å². The molecule has 2 saturated heterocycles. The molecule has 23 heavy (non-hydrogen) atoms. The number of hydrogen-bond donors (Lipinski definition) is 1. The first kappa shape index (κ1) is 20.9. The molecule has 2 aliphatic heterocycles. The molecule has 0 aromatic heterocycles. The molecule has 0 radical (unpaired) electrons. The molecule has 2 heterocycles. The van der Waals surface area contributed by atoms with Crippen LogP contribution in [-0.2, 0) is 14.2 Å². The van der Waals surface area contributed by atoms with Crippen LogP contribution in [0.1, 0.15) is 26.2 Å². The van der Waals surface area contributed by atoms with Gasteiger partial charge in [0.05, 0.1) is 32.5 Å². The topological polar surface area (TPSA) is 55.3 Å². The van der Waals surface area contributed by atoms with Crippen LogP contribution in [0.5, 0.6) is 0 Å². The number of aliphatic imine (C=N–C) groups is 1. The van der Waals surface area contributed by atoms with Crippen molar-refractivity contribution in [1.29, 1.82) is 0 Å². The fourth-order valence-corrected chi connectivity index (χ4v) is 2.96. The van der Waals surface area contributed by atoms with Crippen molar-refractivity contribution in [3.8, 4) is 0 Å². The number of methoxy groups -OCH3 is 1. The van der Waals surface area contributed by atoms with E-state index in [4.69, 9.17) is 19.2 Å². The van der Waals surface area contributed by atoms with Crippen molar-refractivity contribution < 1.29 is 14.2 Å². The van der Waals surface area contributed by atoms with Crippen LogP contribution in [0, 0.1) is 5.92 Å². The molecule has 0 amide bonds. The Morgan fingerprint density at radius 1 is 1.35 bits per heavy atom. The van der Waals surface area contributed by atoms with Crippen LogP contribution in [0.3, 0.4) is 0 Å². The van der Waals surface area contributed by atoms with Crippen LogP contribution >= 0.6 is 24.0 Å². The summed E-state index contributed by atoms with van der Waals surface area (Å²) in [6.45, 7) is 8.90. The number of ether oxygens (including phenoxy) is 3. The summed E-state index contributed by atoms with van der Waals surface area (Å²) < 4.78 is 16.3. The summed E-state index contributed by atoms with van der Waals surface area (Å²) in [5.74, 6) is 1.61. The molecule has 0 aliphatic carbocycles. The largest absolute Gasteiger partial charge is 0.382 e. The SMILES string of the molecule is CCNC(=NCC1CCCO1)N1CCC(COCCOC)C1.I. The van der Waals surface area contributed by atoms with E-state index in [1.54, 1.807) is 7.11 Å². The highest BCUT2D eigenvalue weighted by Crippen LogP contribution is 2.17. The highest BCUT2D eigenvalue weighted by molar-refractivity contribution is 14.0. The van der Waals surface area contributed by atoms with Crippen LogP contribution in [-0.4, -0.2) is 76.7 Å². The Balaban J connectivity index is 0.00000264. The molecule has 0 bridgehead atoms. The lowest BCUT2D eigenvalue weighted by molar-refractivity contribution is 0.0536. The Labute approximate surface area is 157 Å². The zero-order valence-corrected chi connectivity index (χ0v) is 16.8. The van der Waals surface area contributed by atoms with Crippen LogP contribution in [0.25, 0.3) is 0 Å². The molecule has 0 spiro atoms. The van der Waals surface area contributed by atoms with Gasteiger partial charge in [0.1, 0.15) is 0 Å². The molecule has 2 atom stereocenters. The third kappa shape index (κ3) is 7.53. The molecule has 2 aliphatic rings. The van der Waals surface area contributed by atoms with Gasteiger partial charge in [0, 0.05) is 39.3 Å². The quantitative estimate of drug-likeness (QED) is 0.269. The number of nitrogens with zero attached hydrogens (tertiary/aromatic N) is 2. The first-order valence-electron chi connectivity index (χ1n) is 8.55. The van der Waals surface area contributed by atoms with Gasteiger partial charge in [0.15, 0.2) is 5.96 Å². The van der Waals surface area contributed by atoms with Gasteiger partial charge >= 0.3 is 0 Å². The molecule has 2 fully saturated rings. The summed E-state index contributed by atoms with van der Waals surface area (Å²) in [4.78, 5) is 7.12. The molecule has 0 aromatic rings. The maximum absolute atomic E-state index is 5.66. The number of nitrogens with one attached hydrogen (secondary N) is 1. The van der Waals surface area contributed by atoms with Gasteiger partial charge in [-0.05, 0) is 26.2 Å². The number of rotatable bonds is 8. The van der Waals surface area contributed by atoms with E-state index in [1.807, 2.05) is 0 Å². The van der Waals surface area contributed by atoms with Gasteiger partial charge in [-0.15, -0.1) is 24.0 Å². The second-order valence-corrected chi connectivity index (χ2v) is 6.00. The Bertz CT molecular complexity index is 339. The monoisotopic (exact) mass is 441 g/mol. The molecule has 7 heteroatoms. The van der Waals surface area contributed by atoms with Gasteiger partial charge in [-0.25, -0.2) is 0 Å². The summed E-state index contributed by atoms with van der Waals surface area (Å²) in [6.07, 6.45) is 3.78. The Kier molecular flexibility index (Phi) is 11.2. The maximum Gasteiger partial charge on any atom is 0.194 e. The third-order valence-corrected chi connectivity index (χ3v) is 4.17. The Morgan fingerprint density at radius 3 is 2.91 bits per heavy atom. The first-order valence-corrected chi connectivity index (χ1v) is 8.55. The van der Waals surface area contributed by atoms with E-state index >= 15 is 0 Å². The smallest absolute Gasteiger partial charge is 0.194 e. The van der Waals surface area contributed by atoms with Crippen molar-refractivity contribution in [2.45, 2.75) is 32.3 Å². The lowest BCUT2D eigenvalue weighted by atomic mass is 10.1. The number of hydrogen-bond acceptors (Lipinski definition) is 4. The summed E-state index contributed by atoms with van der Waals surface area (Å²) >= 11 is 0. The van der Waals surface area contributed by atoms with Gasteiger partial charge in [0.25, 0.3) is 0 Å². The predicted molar refractivity (Wildman–Crippen MR) is 103 cm³/mol. The zero-order valence-electron chi connectivity index (χ0n) is 14.5. The van der Waals surface area contributed by atoms with Gasteiger partial charge < -0.3 is 24.4 Å². The summed E-state index contributed by atoms with van der Waals surface area (Å²) in [6, 6.07) is 0. The molecular weight excluding hydrogens is 409 g/mol. The minimum Gasteiger partial charge on any atom is -0.382 e. The molecule has 2 unspecified atom stereocenters. The average molecular weight is 441 g/mol. The average Bonchev–Trinajstić information content (AvgIpc) is 3.19. The lowest BCUT2D eigenvalue weighted by Gasteiger charge is -2.22. The summed E-state index contributed by atoms with van der Waals surface area (Å²) in [7, 11) is 1.70. The van der Waals surface area contributed by atoms with Crippen LogP contribution in [0.4, 0.5) is 0 Å². The highest BCUT2D eigenvalue weighted by atomic mass is 127. The normalized spacial score (nSPS) is 24.8. The van der Waals surface area contributed by atoms with Gasteiger partial charge in [-0.1, -0.05) is 0 Å². The van der Waals surface area contributed by atoms with Crippen molar-refractivity contribution in [1.82, 2.24) is 10.2 Å². The molecule has 0 saturated carbocycles. The molecular formula is C16H32IN3O3. The van der Waals surface area contributed by atoms with E-state index in [0.717, 1.165) is 58.2 Å². The minimum absolute atomic E-state index is 0. The minimum atomic E-state index is 0. The Hall–Kier alpha value is -0.120. The number of guanidine groups is 1. The number of halogens is 1. The second-order valence-electron chi connectivity index (χ2n) is 6.00. The lowest BCUT2D eigenvalue weighted by Crippen LogP contribution is -2.40. The van der Waals surface area contributed by atoms with Crippen LogP contribution in [0.2, 0.25) is 0 Å². The molecule has 6 nitrogen and oxygen atoms in total. The van der Waals surface area contributed by atoms with E-state index < -0.39 is 0 Å². The van der Waals surface area contributed by atoms with E-state index in [9.17, 15) is 0 Å². The van der Waals surface area contributed by atoms with Crippen LogP contribution in [0.15, 0.2) is 4.99 Å². The summed E-state index contributed by atoms with van der Waals surface area (Å²) in [5.41, 5.74) is 0. The van der Waals surface area contributed by atoms with E-state index in [-0.39, 0.29) is 24.0 Å². The van der Waals surface area contributed by atoms with Crippen molar-refractivity contribution in [2.24, 2.45) is 10.9 Å². The standard InChI is InChI=1S/C16H31N3O3.HI/c1-3-17-16(18-11-15-5-4-8-22-15)19-7-6-14(12-19)13-21-10-9-20-2;/h14-15H,3-13H2,1-2H3,(H,17,18);1H. The van der Waals surface area contributed by atoms with Crippen LogP contribution < -0.4 is 5.32 Å². The molecule has 0 aromatic carbocycles. The molecule has 1 N–H and O–H groups in total. The fourth-order valence-electron chi connectivity index (χ4n) is 2.96. The fraction of sp³-hybridized carbons (Fsp3) is 0.938. The molecule has 136 valence electrons. The van der Waals surface area contributed by atoms with E-state index in [1.165, 1.54) is 6.42 Å². The Morgan fingerprint density at radius 2 is 2.22 bits per heavy atom. The summed E-state index contributed by atoms with van der Waals surface area (Å²) in [5, 5.41) is 3.41. The third-order valence-electron chi connectivity index (χ3n) is 4.17. The van der Waals surface area contributed by atoms with E-state index in [0.29, 0.717) is 25.2 Å². The maximum atomic E-state index is 5.66.